The van der Waals surface area contributed by atoms with Crippen LogP contribution in [-0.4, -0.2) is 46.9 Å². The second kappa shape index (κ2) is 8.02. The van der Waals surface area contributed by atoms with E-state index in [1.165, 1.54) is 12.1 Å². The largest absolute Gasteiger partial charge is 0.462 e. The van der Waals surface area contributed by atoms with Gasteiger partial charge in [0, 0.05) is 43.7 Å². The molecule has 1 amide bonds. The zero-order valence-corrected chi connectivity index (χ0v) is 15.6. The van der Waals surface area contributed by atoms with Crippen LogP contribution in [-0.2, 0) is 6.54 Å². The predicted octanol–water partition coefficient (Wildman–Crippen LogP) is 3.89. The van der Waals surface area contributed by atoms with Gasteiger partial charge in [0.2, 0.25) is 0 Å². The van der Waals surface area contributed by atoms with Crippen molar-refractivity contribution in [3.05, 3.63) is 65.1 Å². The average Bonchev–Trinajstić information content (AvgIpc) is 3.30. The lowest BCUT2D eigenvalue weighted by molar-refractivity contribution is 0.0760. The van der Waals surface area contributed by atoms with E-state index in [9.17, 15) is 9.18 Å². The molecule has 0 aliphatic carbocycles. The number of amides is 1. The van der Waals surface area contributed by atoms with Crippen molar-refractivity contribution in [2.75, 3.05) is 26.2 Å². The first-order valence-corrected chi connectivity index (χ1v) is 9.82. The highest BCUT2D eigenvalue weighted by molar-refractivity contribution is 7.13. The first-order chi connectivity index (χ1) is 13.2. The van der Waals surface area contributed by atoms with Gasteiger partial charge in [0.25, 0.3) is 5.91 Å². The Morgan fingerprint density at radius 2 is 2.11 bits per heavy atom. The maximum absolute atomic E-state index is 13.4. The lowest BCUT2D eigenvalue weighted by atomic mass is 10.2. The Balaban J connectivity index is 1.37. The number of hydrogen-bond donors (Lipinski definition) is 0. The van der Waals surface area contributed by atoms with Crippen molar-refractivity contribution in [2.24, 2.45) is 0 Å². The van der Waals surface area contributed by atoms with Crippen molar-refractivity contribution in [3.8, 4) is 10.8 Å². The van der Waals surface area contributed by atoms with E-state index in [4.69, 9.17) is 4.42 Å². The summed E-state index contributed by atoms with van der Waals surface area (Å²) in [5.74, 6) is 0.298. The van der Waals surface area contributed by atoms with E-state index in [2.05, 4.69) is 15.3 Å². The van der Waals surface area contributed by atoms with E-state index in [1.807, 2.05) is 17.0 Å². The topological polar surface area (TPSA) is 49.6 Å². The molecule has 1 fully saturated rings. The zero-order valence-electron chi connectivity index (χ0n) is 14.8. The highest BCUT2D eigenvalue weighted by atomic mass is 32.1. The molecule has 0 radical (unpaired) electrons. The number of nitrogens with zero attached hydrogens (tertiary/aromatic N) is 3. The maximum atomic E-state index is 13.4. The number of halogens is 1. The summed E-state index contributed by atoms with van der Waals surface area (Å²) in [5.41, 5.74) is 1.42. The predicted molar refractivity (Wildman–Crippen MR) is 102 cm³/mol. The molecular weight excluding hydrogens is 365 g/mol. The van der Waals surface area contributed by atoms with Gasteiger partial charge in [0.15, 0.2) is 10.8 Å². The number of hydrogen-bond acceptors (Lipinski definition) is 5. The van der Waals surface area contributed by atoms with Crippen molar-refractivity contribution in [2.45, 2.75) is 13.0 Å². The Bertz CT molecular complexity index is 910. The fourth-order valence-corrected chi connectivity index (χ4v) is 4.04. The summed E-state index contributed by atoms with van der Waals surface area (Å²) in [4.78, 5) is 21.4. The van der Waals surface area contributed by atoms with Crippen LogP contribution in [0.4, 0.5) is 4.39 Å². The van der Waals surface area contributed by atoms with E-state index in [0.717, 1.165) is 42.5 Å². The van der Waals surface area contributed by atoms with Gasteiger partial charge in [0.05, 0.1) is 12.0 Å². The van der Waals surface area contributed by atoms with Crippen molar-refractivity contribution >= 4 is 17.2 Å². The lowest BCUT2D eigenvalue weighted by Crippen LogP contribution is -2.35. The highest BCUT2D eigenvalue weighted by Crippen LogP contribution is 2.24. The highest BCUT2D eigenvalue weighted by Gasteiger charge is 2.21. The average molecular weight is 385 g/mol. The molecule has 0 atom stereocenters. The van der Waals surface area contributed by atoms with Crippen LogP contribution in [0.25, 0.3) is 10.8 Å². The van der Waals surface area contributed by atoms with E-state index in [1.54, 1.807) is 29.7 Å². The van der Waals surface area contributed by atoms with Gasteiger partial charge < -0.3 is 9.32 Å². The smallest absolute Gasteiger partial charge is 0.254 e. The molecule has 1 aliphatic rings. The molecule has 0 unspecified atom stereocenters. The number of thiazole rings is 1. The minimum Gasteiger partial charge on any atom is -0.462 e. The standard InChI is InChI=1S/C20H20FN3O2S/c21-16-5-1-4-15(12-16)20(25)24-8-3-7-23(9-10-24)13-17-14-27-19(22-17)18-6-2-11-26-18/h1-2,4-6,11-12,14H,3,7-10,13H2. The second-order valence-corrected chi connectivity index (χ2v) is 7.41. The molecule has 1 aliphatic heterocycles. The van der Waals surface area contributed by atoms with Gasteiger partial charge in [-0.3, -0.25) is 9.69 Å². The zero-order chi connectivity index (χ0) is 18.6. The Labute approximate surface area is 161 Å². The first-order valence-electron chi connectivity index (χ1n) is 8.94. The minimum absolute atomic E-state index is 0.106. The first kappa shape index (κ1) is 17.9. The third kappa shape index (κ3) is 4.26. The van der Waals surface area contributed by atoms with Crippen molar-refractivity contribution < 1.29 is 13.6 Å². The number of carbonyl (C=O) groups excluding carboxylic acids is 1. The van der Waals surface area contributed by atoms with Gasteiger partial charge in [-0.2, -0.15) is 0 Å². The Morgan fingerprint density at radius 3 is 2.93 bits per heavy atom. The number of rotatable bonds is 4. The number of aromatic nitrogens is 1. The summed E-state index contributed by atoms with van der Waals surface area (Å²) in [6.07, 6.45) is 2.53. The molecule has 3 heterocycles. The molecule has 140 valence electrons. The number of benzene rings is 1. The van der Waals surface area contributed by atoms with Crippen LogP contribution >= 0.6 is 11.3 Å². The Morgan fingerprint density at radius 1 is 1.19 bits per heavy atom. The molecule has 0 spiro atoms. The SMILES string of the molecule is O=C(c1cccc(F)c1)N1CCCN(Cc2csc(-c3ccco3)n2)CC1. The number of carbonyl (C=O) groups is 1. The van der Waals surface area contributed by atoms with E-state index in [-0.39, 0.29) is 11.7 Å². The summed E-state index contributed by atoms with van der Waals surface area (Å²) < 4.78 is 18.8. The van der Waals surface area contributed by atoms with E-state index in [0.29, 0.717) is 18.7 Å². The summed E-state index contributed by atoms with van der Waals surface area (Å²) >= 11 is 1.57. The second-order valence-electron chi connectivity index (χ2n) is 6.55. The molecule has 0 saturated carbocycles. The van der Waals surface area contributed by atoms with Crippen LogP contribution in [0.3, 0.4) is 0 Å². The molecule has 1 aromatic carbocycles. The monoisotopic (exact) mass is 385 g/mol. The van der Waals surface area contributed by atoms with Crippen LogP contribution < -0.4 is 0 Å². The van der Waals surface area contributed by atoms with Gasteiger partial charge in [-0.1, -0.05) is 6.07 Å². The van der Waals surface area contributed by atoms with Gasteiger partial charge in [0.1, 0.15) is 5.82 Å². The van der Waals surface area contributed by atoms with E-state index >= 15 is 0 Å². The third-order valence-corrected chi connectivity index (χ3v) is 5.52. The molecule has 27 heavy (non-hydrogen) atoms. The van der Waals surface area contributed by atoms with Gasteiger partial charge in [-0.25, -0.2) is 9.37 Å². The van der Waals surface area contributed by atoms with Gasteiger partial charge in [-0.05, 0) is 36.8 Å². The van der Waals surface area contributed by atoms with Crippen LogP contribution in [0.1, 0.15) is 22.5 Å². The van der Waals surface area contributed by atoms with E-state index < -0.39 is 0 Å². The fraction of sp³-hybridized carbons (Fsp3) is 0.300. The van der Waals surface area contributed by atoms with Crippen LogP contribution in [0.15, 0.2) is 52.5 Å². The molecule has 4 rings (SSSR count). The van der Waals surface area contributed by atoms with Crippen molar-refractivity contribution in [3.63, 3.8) is 0 Å². The normalized spacial score (nSPS) is 15.7. The van der Waals surface area contributed by atoms with Crippen molar-refractivity contribution in [1.82, 2.24) is 14.8 Å². The molecule has 1 saturated heterocycles. The molecule has 5 nitrogen and oxygen atoms in total. The molecule has 0 N–H and O–H groups in total. The fourth-order valence-electron chi connectivity index (χ4n) is 3.26. The van der Waals surface area contributed by atoms with Gasteiger partial charge >= 0.3 is 0 Å². The minimum atomic E-state index is -0.381. The number of furan rings is 1. The third-order valence-electron chi connectivity index (χ3n) is 4.62. The summed E-state index contributed by atoms with van der Waals surface area (Å²) in [6, 6.07) is 9.66. The van der Waals surface area contributed by atoms with Crippen LogP contribution in [0, 0.1) is 5.82 Å². The molecule has 7 heteroatoms. The molecule has 0 bridgehead atoms. The summed E-state index contributed by atoms with van der Waals surface area (Å²) in [7, 11) is 0. The molecular formula is C20H20FN3O2S. The lowest BCUT2D eigenvalue weighted by Gasteiger charge is -2.21. The van der Waals surface area contributed by atoms with Crippen LogP contribution in [0.5, 0.6) is 0 Å². The Hall–Kier alpha value is -2.51. The van der Waals surface area contributed by atoms with Crippen molar-refractivity contribution in [1.29, 1.82) is 0 Å². The van der Waals surface area contributed by atoms with Gasteiger partial charge in [-0.15, -0.1) is 11.3 Å². The summed E-state index contributed by atoms with van der Waals surface area (Å²) in [5, 5.41) is 2.94. The van der Waals surface area contributed by atoms with Crippen LogP contribution in [0.2, 0.25) is 0 Å². The maximum Gasteiger partial charge on any atom is 0.254 e. The quantitative estimate of drug-likeness (QED) is 0.684. The molecule has 3 aromatic rings. The Kier molecular flexibility index (Phi) is 5.31. The summed E-state index contributed by atoms with van der Waals surface area (Å²) in [6.45, 7) is 3.74. The molecule has 2 aromatic heterocycles.